The van der Waals surface area contributed by atoms with Crippen LogP contribution < -0.4 is 10.6 Å². The highest BCUT2D eigenvalue weighted by molar-refractivity contribution is 6.28. The second kappa shape index (κ2) is 5.29. The Morgan fingerprint density at radius 2 is 1.67 bits per heavy atom. The van der Waals surface area contributed by atoms with Gasteiger partial charge in [0.25, 0.3) is 11.8 Å². The molecule has 82 valence electrons. The van der Waals surface area contributed by atoms with Crippen molar-refractivity contribution < 1.29 is 14.4 Å². The van der Waals surface area contributed by atoms with Crippen molar-refractivity contribution in [3.05, 3.63) is 11.6 Å². The van der Waals surface area contributed by atoms with E-state index in [1.165, 1.54) is 0 Å². The average molecular weight is 210 g/mol. The van der Waals surface area contributed by atoms with Gasteiger partial charge in [0.15, 0.2) is 0 Å². The summed E-state index contributed by atoms with van der Waals surface area (Å²) < 4.78 is 0. The summed E-state index contributed by atoms with van der Waals surface area (Å²) >= 11 is 0. The summed E-state index contributed by atoms with van der Waals surface area (Å²) in [6.07, 6.45) is 5.34. The van der Waals surface area contributed by atoms with Crippen LogP contribution in [0, 0.1) is 0 Å². The molecule has 1 aliphatic heterocycles. The molecule has 0 aromatic heterocycles. The van der Waals surface area contributed by atoms with E-state index in [0.717, 1.165) is 19.3 Å². The summed E-state index contributed by atoms with van der Waals surface area (Å²) in [6, 6.07) is -0.754. The average Bonchev–Trinajstić information content (AvgIpc) is 2.15. The summed E-state index contributed by atoms with van der Waals surface area (Å²) in [5.74, 6) is -1.22. The fourth-order valence-corrected chi connectivity index (χ4v) is 1.30. The molecule has 1 fully saturated rings. The van der Waals surface area contributed by atoms with Crippen LogP contribution in [0.4, 0.5) is 4.79 Å². The van der Waals surface area contributed by atoms with Gasteiger partial charge in [-0.05, 0) is 12.8 Å². The summed E-state index contributed by atoms with van der Waals surface area (Å²) in [6.45, 7) is 2.08. The first-order valence-corrected chi connectivity index (χ1v) is 5.02. The number of carbonyl (C=O) groups excluding carboxylic acids is 3. The van der Waals surface area contributed by atoms with Gasteiger partial charge < -0.3 is 0 Å². The van der Waals surface area contributed by atoms with Crippen molar-refractivity contribution >= 4 is 17.8 Å². The van der Waals surface area contributed by atoms with Gasteiger partial charge in [-0.15, -0.1) is 0 Å². The number of amides is 4. The van der Waals surface area contributed by atoms with Gasteiger partial charge in [-0.1, -0.05) is 25.8 Å². The SMILES string of the molecule is CCCCCC=C1C(=O)NC(=O)NC1=O. The summed E-state index contributed by atoms with van der Waals surface area (Å²) in [5.41, 5.74) is 0.0331. The highest BCUT2D eigenvalue weighted by Crippen LogP contribution is 2.06. The van der Waals surface area contributed by atoms with Crippen LogP contribution in [0.15, 0.2) is 11.6 Å². The zero-order chi connectivity index (χ0) is 11.3. The Morgan fingerprint density at radius 3 is 2.20 bits per heavy atom. The highest BCUT2D eigenvalue weighted by Gasteiger charge is 2.26. The molecule has 0 bridgehead atoms. The van der Waals surface area contributed by atoms with Gasteiger partial charge in [0.2, 0.25) is 0 Å². The number of hydrogen-bond acceptors (Lipinski definition) is 3. The predicted molar refractivity (Wildman–Crippen MR) is 53.9 cm³/mol. The van der Waals surface area contributed by atoms with E-state index in [1.54, 1.807) is 6.08 Å². The Kier molecular flexibility index (Phi) is 4.03. The molecule has 0 aromatic carbocycles. The van der Waals surface area contributed by atoms with Crippen molar-refractivity contribution in [2.75, 3.05) is 0 Å². The monoisotopic (exact) mass is 210 g/mol. The summed E-state index contributed by atoms with van der Waals surface area (Å²) in [5, 5.41) is 4.05. The maximum atomic E-state index is 11.2. The summed E-state index contributed by atoms with van der Waals surface area (Å²) in [4.78, 5) is 33.2. The molecular formula is C10H14N2O3. The van der Waals surface area contributed by atoms with Gasteiger partial charge in [0, 0.05) is 0 Å². The molecule has 1 aliphatic rings. The predicted octanol–water partition coefficient (Wildman–Crippen LogP) is 0.859. The van der Waals surface area contributed by atoms with Crippen molar-refractivity contribution in [1.29, 1.82) is 0 Å². The van der Waals surface area contributed by atoms with E-state index in [2.05, 4.69) is 6.92 Å². The molecule has 2 N–H and O–H groups in total. The van der Waals surface area contributed by atoms with Crippen LogP contribution in [0.3, 0.4) is 0 Å². The summed E-state index contributed by atoms with van der Waals surface area (Å²) in [7, 11) is 0. The van der Waals surface area contributed by atoms with Crippen LogP contribution in [-0.4, -0.2) is 17.8 Å². The van der Waals surface area contributed by atoms with Crippen LogP contribution in [0.25, 0.3) is 0 Å². The van der Waals surface area contributed by atoms with Crippen LogP contribution >= 0.6 is 0 Å². The second-order valence-electron chi connectivity index (χ2n) is 3.35. The van der Waals surface area contributed by atoms with E-state index < -0.39 is 17.8 Å². The number of urea groups is 1. The van der Waals surface area contributed by atoms with Gasteiger partial charge in [-0.25, -0.2) is 4.79 Å². The lowest BCUT2D eigenvalue weighted by molar-refractivity contribution is -0.124. The standard InChI is InChI=1S/C10H14N2O3/c1-2-3-4-5-6-7-8(13)11-10(15)12-9(7)14/h6H,2-5H2,1H3,(H2,11,12,13,14,15). The normalized spacial score (nSPS) is 16.1. The van der Waals surface area contributed by atoms with Gasteiger partial charge in [-0.2, -0.15) is 0 Å². The van der Waals surface area contributed by atoms with E-state index in [4.69, 9.17) is 0 Å². The number of hydrogen-bond donors (Lipinski definition) is 2. The smallest absolute Gasteiger partial charge is 0.273 e. The maximum absolute atomic E-state index is 11.2. The van der Waals surface area contributed by atoms with Crippen LogP contribution in [-0.2, 0) is 9.59 Å². The zero-order valence-electron chi connectivity index (χ0n) is 8.63. The van der Waals surface area contributed by atoms with E-state index in [-0.39, 0.29) is 5.57 Å². The fourth-order valence-electron chi connectivity index (χ4n) is 1.30. The molecular weight excluding hydrogens is 196 g/mol. The number of nitrogens with one attached hydrogen (secondary N) is 2. The molecule has 0 atom stereocenters. The molecule has 0 spiro atoms. The van der Waals surface area contributed by atoms with Gasteiger partial charge in [0.05, 0.1) is 0 Å². The third-order valence-electron chi connectivity index (χ3n) is 2.10. The molecule has 4 amide bonds. The molecule has 1 saturated heterocycles. The number of barbiturate groups is 1. The van der Waals surface area contributed by atoms with E-state index in [1.807, 2.05) is 10.6 Å². The minimum Gasteiger partial charge on any atom is -0.273 e. The van der Waals surface area contributed by atoms with E-state index in [9.17, 15) is 14.4 Å². The number of imide groups is 2. The number of rotatable bonds is 4. The lowest BCUT2D eigenvalue weighted by Gasteiger charge is -2.13. The first kappa shape index (κ1) is 11.4. The van der Waals surface area contributed by atoms with Gasteiger partial charge in [-0.3, -0.25) is 20.2 Å². The van der Waals surface area contributed by atoms with E-state index >= 15 is 0 Å². The highest BCUT2D eigenvalue weighted by atomic mass is 16.2. The van der Waals surface area contributed by atoms with Gasteiger partial charge in [0.1, 0.15) is 5.57 Å². The molecule has 0 saturated carbocycles. The van der Waals surface area contributed by atoms with Crippen molar-refractivity contribution in [1.82, 2.24) is 10.6 Å². The Hall–Kier alpha value is -1.65. The lowest BCUT2D eigenvalue weighted by atomic mass is 10.1. The Bertz CT molecular complexity index is 299. The fraction of sp³-hybridized carbons (Fsp3) is 0.500. The Balaban J connectivity index is 2.55. The van der Waals surface area contributed by atoms with Gasteiger partial charge >= 0.3 is 6.03 Å². The Morgan fingerprint density at radius 1 is 1.07 bits per heavy atom. The largest absolute Gasteiger partial charge is 0.328 e. The van der Waals surface area contributed by atoms with Crippen molar-refractivity contribution in [3.8, 4) is 0 Å². The first-order valence-electron chi connectivity index (χ1n) is 5.02. The van der Waals surface area contributed by atoms with Crippen molar-refractivity contribution in [3.63, 3.8) is 0 Å². The second-order valence-corrected chi connectivity index (χ2v) is 3.35. The molecule has 15 heavy (non-hydrogen) atoms. The number of allylic oxidation sites excluding steroid dienone is 1. The quantitative estimate of drug-likeness (QED) is 0.410. The Labute approximate surface area is 87.9 Å². The molecule has 1 rings (SSSR count). The topological polar surface area (TPSA) is 75.3 Å². The third-order valence-corrected chi connectivity index (χ3v) is 2.10. The maximum Gasteiger partial charge on any atom is 0.328 e. The lowest BCUT2D eigenvalue weighted by Crippen LogP contribution is -2.51. The molecule has 0 aromatic rings. The minimum absolute atomic E-state index is 0.0331. The number of unbranched alkanes of at least 4 members (excludes halogenated alkanes) is 3. The van der Waals surface area contributed by atoms with Crippen LogP contribution in [0.2, 0.25) is 0 Å². The molecule has 5 nitrogen and oxygen atoms in total. The zero-order valence-corrected chi connectivity index (χ0v) is 8.63. The minimum atomic E-state index is -0.754. The first-order chi connectivity index (χ1) is 7.15. The van der Waals surface area contributed by atoms with Crippen molar-refractivity contribution in [2.24, 2.45) is 0 Å². The molecule has 0 radical (unpaired) electrons. The third kappa shape index (κ3) is 3.19. The molecule has 0 unspecified atom stereocenters. The molecule has 5 heteroatoms. The molecule has 0 aliphatic carbocycles. The van der Waals surface area contributed by atoms with E-state index in [0.29, 0.717) is 6.42 Å². The van der Waals surface area contributed by atoms with Crippen LogP contribution in [0.1, 0.15) is 32.6 Å². The van der Waals surface area contributed by atoms with Crippen molar-refractivity contribution in [2.45, 2.75) is 32.6 Å². The number of carbonyl (C=O) groups is 3. The molecule has 1 heterocycles. The van der Waals surface area contributed by atoms with Crippen LogP contribution in [0.5, 0.6) is 0 Å².